The summed E-state index contributed by atoms with van der Waals surface area (Å²) in [6.07, 6.45) is 2.02. The number of halogens is 2. The van der Waals surface area contributed by atoms with Crippen molar-refractivity contribution in [3.63, 3.8) is 0 Å². The van der Waals surface area contributed by atoms with Gasteiger partial charge in [0.15, 0.2) is 5.78 Å². The molecule has 2 aromatic carbocycles. The van der Waals surface area contributed by atoms with Gasteiger partial charge in [0, 0.05) is 11.1 Å². The third-order valence-electron chi connectivity index (χ3n) is 6.93. The number of hydrogen-bond acceptors (Lipinski definition) is 4. The maximum absolute atomic E-state index is 13.6. The Labute approximate surface area is 208 Å². The SMILES string of the molecule is Cc1ccc(C(=O)CN(C(=O)c2ccc(Cl)c(Cl)c2)N2C(=O)[C@H]3C[C@@H](C)CC[C@H]3C2=O)cc1C. The van der Waals surface area contributed by atoms with E-state index in [0.717, 1.165) is 27.6 Å². The molecule has 0 N–H and O–H groups in total. The minimum absolute atomic E-state index is 0.131. The molecule has 2 aliphatic rings. The molecule has 8 heteroatoms. The van der Waals surface area contributed by atoms with Crippen LogP contribution >= 0.6 is 23.2 Å². The zero-order valence-corrected chi connectivity index (χ0v) is 20.8. The summed E-state index contributed by atoms with van der Waals surface area (Å²) in [5, 5.41) is 2.31. The number of fused-ring (bicyclic) bond motifs is 1. The molecule has 3 atom stereocenters. The molecule has 4 rings (SSSR count). The molecule has 1 aliphatic carbocycles. The second kappa shape index (κ2) is 9.51. The van der Waals surface area contributed by atoms with Gasteiger partial charge >= 0.3 is 0 Å². The van der Waals surface area contributed by atoms with E-state index in [1.165, 1.54) is 18.2 Å². The summed E-state index contributed by atoms with van der Waals surface area (Å²) in [4.78, 5) is 53.5. The zero-order chi connectivity index (χ0) is 24.7. The van der Waals surface area contributed by atoms with Crippen molar-refractivity contribution in [3.05, 3.63) is 68.7 Å². The van der Waals surface area contributed by atoms with E-state index in [4.69, 9.17) is 23.2 Å². The topological polar surface area (TPSA) is 74.8 Å². The number of ketones is 1. The van der Waals surface area contributed by atoms with Gasteiger partial charge in [0.25, 0.3) is 17.7 Å². The molecule has 6 nitrogen and oxygen atoms in total. The van der Waals surface area contributed by atoms with Gasteiger partial charge in [-0.05, 0) is 74.4 Å². The molecule has 1 saturated heterocycles. The fraction of sp³-hybridized carbons (Fsp3) is 0.385. The van der Waals surface area contributed by atoms with Gasteiger partial charge in [-0.2, -0.15) is 5.01 Å². The van der Waals surface area contributed by atoms with Crippen molar-refractivity contribution in [2.24, 2.45) is 17.8 Å². The Hall–Kier alpha value is -2.70. The number of amides is 3. The summed E-state index contributed by atoms with van der Waals surface area (Å²) in [7, 11) is 0. The van der Waals surface area contributed by atoms with Gasteiger partial charge in [0.2, 0.25) is 0 Å². The molecule has 178 valence electrons. The first-order valence-electron chi connectivity index (χ1n) is 11.3. The molecule has 2 aromatic rings. The maximum Gasteiger partial charge on any atom is 0.273 e. The van der Waals surface area contributed by atoms with Crippen molar-refractivity contribution >= 4 is 46.7 Å². The number of carbonyl (C=O) groups excluding carboxylic acids is 4. The first-order chi connectivity index (χ1) is 16.1. The Morgan fingerprint density at radius 3 is 2.26 bits per heavy atom. The number of Topliss-reactive ketones (excluding diaryl/α,β-unsaturated/α-hetero) is 1. The Balaban J connectivity index is 1.71. The minimum atomic E-state index is -0.663. The normalized spacial score (nSPS) is 22.0. The van der Waals surface area contributed by atoms with Crippen LogP contribution in [0.15, 0.2) is 36.4 Å². The van der Waals surface area contributed by atoms with Crippen molar-refractivity contribution in [3.8, 4) is 0 Å². The third-order valence-corrected chi connectivity index (χ3v) is 7.67. The van der Waals surface area contributed by atoms with Crippen LogP contribution in [0.5, 0.6) is 0 Å². The summed E-state index contributed by atoms with van der Waals surface area (Å²) in [5.41, 5.74) is 2.50. The predicted octanol–water partition coefficient (Wildman–Crippen LogP) is 5.27. The van der Waals surface area contributed by atoms with Gasteiger partial charge < -0.3 is 0 Å². The molecule has 3 amide bonds. The van der Waals surface area contributed by atoms with Crippen LogP contribution in [0.4, 0.5) is 0 Å². The number of hydrogen-bond donors (Lipinski definition) is 0. The Kier molecular flexibility index (Phi) is 6.83. The fourth-order valence-corrected chi connectivity index (χ4v) is 5.06. The van der Waals surface area contributed by atoms with Gasteiger partial charge in [-0.1, -0.05) is 42.3 Å². The van der Waals surface area contributed by atoms with Crippen LogP contribution in [0.25, 0.3) is 0 Å². The Morgan fingerprint density at radius 2 is 1.59 bits per heavy atom. The Morgan fingerprint density at radius 1 is 0.912 bits per heavy atom. The zero-order valence-electron chi connectivity index (χ0n) is 19.3. The highest BCUT2D eigenvalue weighted by atomic mass is 35.5. The summed E-state index contributed by atoms with van der Waals surface area (Å²) < 4.78 is 0. The number of aryl methyl sites for hydroxylation is 2. The van der Waals surface area contributed by atoms with Crippen LogP contribution < -0.4 is 0 Å². The molecule has 1 heterocycles. The van der Waals surface area contributed by atoms with Crippen molar-refractivity contribution < 1.29 is 19.2 Å². The molecule has 0 unspecified atom stereocenters. The molecule has 0 radical (unpaired) electrons. The lowest BCUT2D eigenvalue weighted by molar-refractivity contribution is -0.154. The lowest BCUT2D eigenvalue weighted by Crippen LogP contribution is -2.52. The first kappa shape index (κ1) is 24.4. The molecule has 1 saturated carbocycles. The number of nitrogens with zero attached hydrogens (tertiary/aromatic N) is 2. The molecular formula is C26H26Cl2N2O4. The fourth-order valence-electron chi connectivity index (χ4n) is 4.76. The molecule has 0 aromatic heterocycles. The van der Waals surface area contributed by atoms with Crippen LogP contribution in [0.1, 0.15) is 58.0 Å². The van der Waals surface area contributed by atoms with Gasteiger partial charge in [0.1, 0.15) is 6.54 Å². The van der Waals surface area contributed by atoms with E-state index in [0.29, 0.717) is 24.3 Å². The van der Waals surface area contributed by atoms with E-state index in [-0.39, 0.29) is 21.4 Å². The summed E-state index contributed by atoms with van der Waals surface area (Å²) in [6, 6.07) is 9.56. The van der Waals surface area contributed by atoms with Gasteiger partial charge in [-0.25, -0.2) is 5.01 Å². The highest BCUT2D eigenvalue weighted by Crippen LogP contribution is 2.41. The summed E-state index contributed by atoms with van der Waals surface area (Å²) in [6.45, 7) is 5.44. The molecule has 1 aliphatic heterocycles. The average molecular weight is 501 g/mol. The molecule has 34 heavy (non-hydrogen) atoms. The van der Waals surface area contributed by atoms with Crippen molar-refractivity contribution in [2.45, 2.75) is 40.0 Å². The van der Waals surface area contributed by atoms with Crippen LogP contribution in [0.2, 0.25) is 10.0 Å². The van der Waals surface area contributed by atoms with E-state index in [2.05, 4.69) is 6.92 Å². The van der Waals surface area contributed by atoms with Crippen LogP contribution in [0, 0.1) is 31.6 Å². The van der Waals surface area contributed by atoms with E-state index < -0.39 is 36.1 Å². The number of imide groups is 1. The lowest BCUT2D eigenvalue weighted by atomic mass is 9.76. The quantitative estimate of drug-likeness (QED) is 0.413. The van der Waals surface area contributed by atoms with E-state index in [1.807, 2.05) is 19.9 Å². The van der Waals surface area contributed by atoms with Gasteiger partial charge in [-0.15, -0.1) is 0 Å². The highest BCUT2D eigenvalue weighted by Gasteiger charge is 2.52. The van der Waals surface area contributed by atoms with E-state index in [1.54, 1.807) is 12.1 Å². The second-order valence-electron chi connectivity index (χ2n) is 9.33. The number of hydrazine groups is 1. The average Bonchev–Trinajstić information content (AvgIpc) is 3.04. The summed E-state index contributed by atoms with van der Waals surface area (Å²) >= 11 is 12.1. The molecule has 0 bridgehead atoms. The monoisotopic (exact) mass is 500 g/mol. The lowest BCUT2D eigenvalue weighted by Gasteiger charge is -2.30. The minimum Gasteiger partial charge on any atom is -0.292 e. The van der Waals surface area contributed by atoms with Crippen LogP contribution in [0.3, 0.4) is 0 Å². The number of rotatable bonds is 5. The predicted molar refractivity (Wildman–Crippen MR) is 130 cm³/mol. The summed E-state index contributed by atoms with van der Waals surface area (Å²) in [5.74, 6) is -2.52. The molecule has 0 spiro atoms. The number of benzene rings is 2. The largest absolute Gasteiger partial charge is 0.292 e. The van der Waals surface area contributed by atoms with Crippen LogP contribution in [-0.4, -0.2) is 40.1 Å². The number of carbonyl (C=O) groups is 4. The van der Waals surface area contributed by atoms with Gasteiger partial charge in [0.05, 0.1) is 21.9 Å². The van der Waals surface area contributed by atoms with Crippen molar-refractivity contribution in [1.82, 2.24) is 10.0 Å². The van der Waals surface area contributed by atoms with E-state index >= 15 is 0 Å². The van der Waals surface area contributed by atoms with Crippen LogP contribution in [-0.2, 0) is 9.59 Å². The first-order valence-corrected chi connectivity index (χ1v) is 12.1. The third kappa shape index (κ3) is 4.49. The second-order valence-corrected chi connectivity index (χ2v) is 10.1. The van der Waals surface area contributed by atoms with Gasteiger partial charge in [-0.3, -0.25) is 19.2 Å². The van der Waals surface area contributed by atoms with Crippen molar-refractivity contribution in [1.29, 1.82) is 0 Å². The van der Waals surface area contributed by atoms with Crippen molar-refractivity contribution in [2.75, 3.05) is 6.54 Å². The highest BCUT2D eigenvalue weighted by molar-refractivity contribution is 6.42. The smallest absolute Gasteiger partial charge is 0.273 e. The molecule has 2 fully saturated rings. The Bertz CT molecular complexity index is 1200. The molecular weight excluding hydrogens is 475 g/mol. The van der Waals surface area contributed by atoms with E-state index in [9.17, 15) is 19.2 Å². The standard InChI is InChI=1S/C26H26Cl2N2O4/c1-14-4-8-19-20(10-14)26(34)30(25(19)33)29(24(32)18-7-9-21(27)22(28)12-18)13-23(31)17-6-5-15(2)16(3)11-17/h5-7,9,11-12,14,19-20H,4,8,10,13H2,1-3H3/t14-,19+,20-/m0/s1. The maximum atomic E-state index is 13.6.